The number of hydrogen-bond donors (Lipinski definition) is 1. The van der Waals surface area contributed by atoms with Gasteiger partial charge in [-0.2, -0.15) is 5.10 Å². The maximum Gasteiger partial charge on any atom is 0.209 e. The van der Waals surface area contributed by atoms with E-state index in [0.717, 1.165) is 25.7 Å². The summed E-state index contributed by atoms with van der Waals surface area (Å²) in [7, 11) is -3.18. The van der Waals surface area contributed by atoms with Crippen molar-refractivity contribution in [1.29, 1.82) is 0 Å². The van der Waals surface area contributed by atoms with E-state index in [1.165, 1.54) is 18.9 Å². The molecule has 0 aliphatic heterocycles. The number of hydrogen-bond acceptors (Lipinski definition) is 4. The van der Waals surface area contributed by atoms with Gasteiger partial charge in [0.1, 0.15) is 0 Å². The molecule has 1 aliphatic rings. The summed E-state index contributed by atoms with van der Waals surface area (Å²) >= 11 is 0. The topological polar surface area (TPSA) is 72.2 Å². The number of sulfone groups is 1. The van der Waals surface area contributed by atoms with Gasteiger partial charge in [-0.25, -0.2) is 13.1 Å². The molecule has 1 N–H and O–H groups in total. The smallest absolute Gasteiger partial charge is 0.209 e. The average Bonchev–Trinajstić information content (AvgIpc) is 2.59. The van der Waals surface area contributed by atoms with Crippen LogP contribution in [-0.2, 0) is 15.6 Å². The van der Waals surface area contributed by atoms with E-state index in [1.807, 2.05) is 0 Å². The minimum Gasteiger partial charge on any atom is -0.493 e. The summed E-state index contributed by atoms with van der Waals surface area (Å²) in [5.74, 6) is -0.0105. The highest BCUT2D eigenvalue weighted by atomic mass is 32.2. The lowest BCUT2D eigenvalue weighted by Gasteiger charge is -2.15. The number of aromatic nitrogens is 2. The Morgan fingerprint density at radius 2 is 1.90 bits per heavy atom. The summed E-state index contributed by atoms with van der Waals surface area (Å²) in [6, 6.07) is 1.69. The van der Waals surface area contributed by atoms with E-state index in [4.69, 9.17) is 0 Å². The zero-order chi connectivity index (χ0) is 14.8. The predicted octanol–water partition coefficient (Wildman–Crippen LogP) is 2.81. The largest absolute Gasteiger partial charge is 0.493 e. The molecule has 0 unspecified atom stereocenters. The third kappa shape index (κ3) is 3.53. The molecule has 114 valence electrons. The lowest BCUT2D eigenvalue weighted by molar-refractivity contribution is 0.331. The molecule has 1 aromatic rings. The highest BCUT2D eigenvalue weighted by Crippen LogP contribution is 2.30. The van der Waals surface area contributed by atoms with Gasteiger partial charge < -0.3 is 5.11 Å². The summed E-state index contributed by atoms with van der Waals surface area (Å²) in [5, 5.41) is 13.9. The molecule has 1 aliphatic carbocycles. The number of aromatic hydroxyl groups is 1. The summed E-state index contributed by atoms with van der Waals surface area (Å²) in [4.78, 5) is 0. The summed E-state index contributed by atoms with van der Waals surface area (Å²) in [6.45, 7) is 3.33. The van der Waals surface area contributed by atoms with Gasteiger partial charge in [-0.1, -0.05) is 25.7 Å². The maximum atomic E-state index is 11.9. The van der Waals surface area contributed by atoms with Gasteiger partial charge in [-0.05, 0) is 26.7 Å². The molecule has 0 spiro atoms. The third-order valence-electron chi connectivity index (χ3n) is 4.00. The molecule has 1 aromatic heterocycles. The Balaban J connectivity index is 2.17. The van der Waals surface area contributed by atoms with Crippen LogP contribution < -0.4 is 0 Å². The normalized spacial score (nSPS) is 18.4. The van der Waals surface area contributed by atoms with Crippen LogP contribution in [0.4, 0.5) is 0 Å². The van der Waals surface area contributed by atoms with Gasteiger partial charge in [0.05, 0.1) is 22.7 Å². The second-order valence-electron chi connectivity index (χ2n) is 5.94. The standard InChI is InChI=1S/C14H24N2O3S/c1-11(2)20(18,19)10-12-9-14(17)16(15-12)13-7-5-3-4-6-8-13/h9,11,13,17H,3-8,10H2,1-2H3. The zero-order valence-corrected chi connectivity index (χ0v) is 13.1. The van der Waals surface area contributed by atoms with Crippen LogP contribution >= 0.6 is 0 Å². The molecule has 1 fully saturated rings. The number of nitrogens with zero attached hydrogens (tertiary/aromatic N) is 2. The van der Waals surface area contributed by atoms with E-state index < -0.39 is 15.1 Å². The van der Waals surface area contributed by atoms with Crippen molar-refractivity contribution in [3.05, 3.63) is 11.8 Å². The summed E-state index contributed by atoms with van der Waals surface area (Å²) in [6.07, 6.45) is 6.75. The van der Waals surface area contributed by atoms with E-state index >= 15 is 0 Å². The molecule has 0 saturated heterocycles. The molecule has 1 saturated carbocycles. The first-order valence-electron chi connectivity index (χ1n) is 7.39. The van der Waals surface area contributed by atoms with Crippen molar-refractivity contribution in [2.75, 3.05) is 0 Å². The molecule has 20 heavy (non-hydrogen) atoms. The van der Waals surface area contributed by atoms with Crippen LogP contribution in [0.2, 0.25) is 0 Å². The molecule has 1 heterocycles. The van der Waals surface area contributed by atoms with Crippen molar-refractivity contribution in [2.45, 2.75) is 69.4 Å². The molecular formula is C14H24N2O3S. The molecular weight excluding hydrogens is 276 g/mol. The minimum atomic E-state index is -3.18. The molecule has 6 heteroatoms. The lowest BCUT2D eigenvalue weighted by Crippen LogP contribution is -2.17. The average molecular weight is 300 g/mol. The third-order valence-corrected chi connectivity index (χ3v) is 6.14. The van der Waals surface area contributed by atoms with Gasteiger partial charge in [0.15, 0.2) is 9.84 Å². The first kappa shape index (κ1) is 15.4. The molecule has 0 radical (unpaired) electrons. The Hall–Kier alpha value is -1.04. The highest BCUT2D eigenvalue weighted by molar-refractivity contribution is 7.91. The van der Waals surface area contributed by atoms with Crippen molar-refractivity contribution in [1.82, 2.24) is 9.78 Å². The summed E-state index contributed by atoms with van der Waals surface area (Å²) < 4.78 is 25.5. The highest BCUT2D eigenvalue weighted by Gasteiger charge is 2.22. The fourth-order valence-electron chi connectivity index (χ4n) is 2.65. The van der Waals surface area contributed by atoms with Crippen molar-refractivity contribution >= 4 is 9.84 Å². The second-order valence-corrected chi connectivity index (χ2v) is 8.50. The first-order chi connectivity index (χ1) is 9.40. The zero-order valence-electron chi connectivity index (χ0n) is 12.2. The van der Waals surface area contributed by atoms with Gasteiger partial charge in [-0.15, -0.1) is 0 Å². The Bertz CT molecular complexity index is 541. The molecule has 0 bridgehead atoms. The van der Waals surface area contributed by atoms with Crippen molar-refractivity contribution in [3.8, 4) is 5.88 Å². The van der Waals surface area contributed by atoms with Crippen LogP contribution in [0.1, 0.15) is 64.1 Å². The lowest BCUT2D eigenvalue weighted by atomic mass is 10.1. The van der Waals surface area contributed by atoms with Gasteiger partial charge in [0.25, 0.3) is 0 Å². The monoisotopic (exact) mass is 300 g/mol. The van der Waals surface area contributed by atoms with Gasteiger partial charge in [0, 0.05) is 6.07 Å². The Morgan fingerprint density at radius 3 is 2.45 bits per heavy atom. The van der Waals surface area contributed by atoms with Crippen LogP contribution in [0.15, 0.2) is 6.07 Å². The van der Waals surface area contributed by atoms with Crippen LogP contribution in [0.3, 0.4) is 0 Å². The van der Waals surface area contributed by atoms with Gasteiger partial charge >= 0.3 is 0 Å². The van der Waals surface area contributed by atoms with Crippen molar-refractivity contribution in [3.63, 3.8) is 0 Å². The van der Waals surface area contributed by atoms with Crippen LogP contribution in [0.25, 0.3) is 0 Å². The predicted molar refractivity (Wildman–Crippen MR) is 78.4 cm³/mol. The molecule has 0 aromatic carbocycles. The Labute approximate surface area is 120 Å². The second kappa shape index (κ2) is 6.16. The molecule has 5 nitrogen and oxygen atoms in total. The quantitative estimate of drug-likeness (QED) is 0.868. The van der Waals surface area contributed by atoms with Crippen molar-refractivity contribution < 1.29 is 13.5 Å². The SMILES string of the molecule is CC(C)S(=O)(=O)Cc1cc(O)n(C2CCCCCC2)n1. The van der Waals surface area contributed by atoms with E-state index in [0.29, 0.717) is 5.69 Å². The Kier molecular flexibility index (Phi) is 4.73. The molecule has 0 atom stereocenters. The van der Waals surface area contributed by atoms with Crippen LogP contribution in [-0.4, -0.2) is 28.6 Å². The molecule has 2 rings (SSSR count). The molecule has 0 amide bonds. The Morgan fingerprint density at radius 1 is 1.30 bits per heavy atom. The first-order valence-corrected chi connectivity index (χ1v) is 9.10. The van der Waals surface area contributed by atoms with Gasteiger partial charge in [0.2, 0.25) is 5.88 Å². The van der Waals surface area contributed by atoms with Crippen LogP contribution in [0, 0.1) is 0 Å². The van der Waals surface area contributed by atoms with Crippen molar-refractivity contribution in [2.24, 2.45) is 0 Å². The fraction of sp³-hybridized carbons (Fsp3) is 0.786. The summed E-state index contributed by atoms with van der Waals surface area (Å²) in [5.41, 5.74) is 0.445. The van der Waals surface area contributed by atoms with E-state index in [2.05, 4.69) is 5.10 Å². The minimum absolute atomic E-state index is 0.0888. The van der Waals surface area contributed by atoms with E-state index in [-0.39, 0.29) is 17.7 Å². The van der Waals surface area contributed by atoms with Crippen LogP contribution in [0.5, 0.6) is 5.88 Å². The number of rotatable bonds is 4. The fourth-order valence-corrected chi connectivity index (χ4v) is 3.53. The maximum absolute atomic E-state index is 11.9. The van der Waals surface area contributed by atoms with Gasteiger partial charge in [-0.3, -0.25) is 0 Å². The van der Waals surface area contributed by atoms with E-state index in [9.17, 15) is 13.5 Å². The van der Waals surface area contributed by atoms with E-state index in [1.54, 1.807) is 18.5 Å².